The molecule has 0 spiro atoms. The number of rotatable bonds is 4. The summed E-state index contributed by atoms with van der Waals surface area (Å²) in [5, 5.41) is 0.838. The van der Waals surface area contributed by atoms with Crippen molar-refractivity contribution in [2.24, 2.45) is 5.73 Å². The summed E-state index contributed by atoms with van der Waals surface area (Å²) in [6, 6.07) is 8.08. The molecule has 0 fully saturated rings. The van der Waals surface area contributed by atoms with Crippen molar-refractivity contribution in [1.29, 1.82) is 0 Å². The molecule has 0 aromatic heterocycles. The minimum absolute atomic E-state index is 0.290. The van der Waals surface area contributed by atoms with Gasteiger partial charge in [0.25, 0.3) is 0 Å². The molecule has 0 atom stereocenters. The minimum atomic E-state index is -0.308. The highest BCUT2D eigenvalue weighted by Crippen LogP contribution is 2.10. The van der Waals surface area contributed by atoms with Gasteiger partial charge in [0.05, 0.1) is 0 Å². The predicted octanol–water partition coefficient (Wildman–Crippen LogP) is 2.47. The van der Waals surface area contributed by atoms with Crippen LogP contribution in [0, 0.1) is 0 Å². The van der Waals surface area contributed by atoms with Crippen molar-refractivity contribution in [3.05, 3.63) is 41.5 Å². The predicted molar refractivity (Wildman–Crippen MR) is 61.9 cm³/mol. The standard InChI is InChI=1S/C11H12BrNO/c12-8-10-5-1-3-9(7-10)4-2-6-11(13)14/h1-5,7H,6,8H2,(H2,13,14). The Bertz CT molecular complexity index is 347. The Morgan fingerprint density at radius 1 is 1.50 bits per heavy atom. The van der Waals surface area contributed by atoms with E-state index < -0.39 is 0 Å². The maximum Gasteiger partial charge on any atom is 0.221 e. The molecule has 0 aliphatic carbocycles. The lowest BCUT2D eigenvalue weighted by atomic mass is 10.1. The number of primary amides is 1. The number of halogens is 1. The Balaban J connectivity index is 2.66. The molecule has 0 unspecified atom stereocenters. The molecule has 0 aliphatic rings. The summed E-state index contributed by atoms with van der Waals surface area (Å²) in [6.07, 6.45) is 3.96. The summed E-state index contributed by atoms with van der Waals surface area (Å²) < 4.78 is 0. The third-order valence-electron chi connectivity index (χ3n) is 1.73. The quantitative estimate of drug-likeness (QED) is 0.824. The second-order valence-corrected chi connectivity index (χ2v) is 3.51. The Hall–Kier alpha value is -1.09. The highest BCUT2D eigenvalue weighted by molar-refractivity contribution is 9.08. The van der Waals surface area contributed by atoms with E-state index in [9.17, 15) is 4.79 Å². The molecule has 0 bridgehead atoms. The number of hydrogen-bond acceptors (Lipinski definition) is 1. The molecule has 1 aromatic rings. The molecule has 0 saturated heterocycles. The summed E-state index contributed by atoms with van der Waals surface area (Å²) >= 11 is 3.38. The van der Waals surface area contributed by atoms with Gasteiger partial charge in [0.2, 0.25) is 5.91 Å². The maximum absolute atomic E-state index is 10.5. The fraction of sp³-hybridized carbons (Fsp3) is 0.182. The fourth-order valence-corrected chi connectivity index (χ4v) is 1.44. The van der Waals surface area contributed by atoms with Gasteiger partial charge in [-0.05, 0) is 11.1 Å². The highest BCUT2D eigenvalue weighted by Gasteiger charge is 1.91. The van der Waals surface area contributed by atoms with Crippen LogP contribution in [-0.4, -0.2) is 5.91 Å². The summed E-state index contributed by atoms with van der Waals surface area (Å²) in [5.74, 6) is -0.308. The molecule has 74 valence electrons. The van der Waals surface area contributed by atoms with E-state index in [0.29, 0.717) is 6.42 Å². The number of hydrogen-bond donors (Lipinski definition) is 1. The van der Waals surface area contributed by atoms with Crippen LogP contribution in [0.25, 0.3) is 6.08 Å². The molecule has 1 amide bonds. The van der Waals surface area contributed by atoms with E-state index in [1.54, 1.807) is 6.08 Å². The first-order chi connectivity index (χ1) is 6.72. The molecular weight excluding hydrogens is 242 g/mol. The molecule has 3 heteroatoms. The van der Waals surface area contributed by atoms with Gasteiger partial charge >= 0.3 is 0 Å². The van der Waals surface area contributed by atoms with E-state index in [0.717, 1.165) is 10.9 Å². The maximum atomic E-state index is 10.5. The molecule has 0 aliphatic heterocycles. The van der Waals surface area contributed by atoms with Crippen molar-refractivity contribution in [1.82, 2.24) is 0 Å². The first kappa shape index (κ1) is 11.0. The molecule has 1 rings (SSSR count). The lowest BCUT2D eigenvalue weighted by Gasteiger charge is -1.97. The monoisotopic (exact) mass is 253 g/mol. The van der Waals surface area contributed by atoms with Crippen LogP contribution < -0.4 is 5.73 Å². The molecule has 0 heterocycles. The van der Waals surface area contributed by atoms with Gasteiger partial charge in [0.15, 0.2) is 0 Å². The zero-order valence-electron chi connectivity index (χ0n) is 7.74. The summed E-state index contributed by atoms with van der Waals surface area (Å²) in [7, 11) is 0. The molecule has 0 radical (unpaired) electrons. The smallest absolute Gasteiger partial charge is 0.221 e. The zero-order chi connectivity index (χ0) is 10.4. The third kappa shape index (κ3) is 3.75. The highest BCUT2D eigenvalue weighted by atomic mass is 79.9. The van der Waals surface area contributed by atoms with Gasteiger partial charge in [-0.1, -0.05) is 52.3 Å². The molecular formula is C11H12BrNO. The largest absolute Gasteiger partial charge is 0.369 e. The second kappa shape index (κ2) is 5.60. The van der Waals surface area contributed by atoms with Crippen molar-refractivity contribution in [3.63, 3.8) is 0 Å². The first-order valence-corrected chi connectivity index (χ1v) is 5.44. The summed E-state index contributed by atoms with van der Waals surface area (Å²) in [4.78, 5) is 10.5. The van der Waals surface area contributed by atoms with Gasteiger partial charge in [0, 0.05) is 11.8 Å². The summed E-state index contributed by atoms with van der Waals surface area (Å²) in [6.45, 7) is 0. The third-order valence-corrected chi connectivity index (χ3v) is 2.38. The van der Waals surface area contributed by atoms with Crippen molar-refractivity contribution < 1.29 is 4.79 Å². The van der Waals surface area contributed by atoms with Crippen LogP contribution in [0.5, 0.6) is 0 Å². The van der Waals surface area contributed by atoms with E-state index >= 15 is 0 Å². The van der Waals surface area contributed by atoms with Gasteiger partial charge in [-0.25, -0.2) is 0 Å². The van der Waals surface area contributed by atoms with Crippen LogP contribution in [-0.2, 0) is 10.1 Å². The van der Waals surface area contributed by atoms with Crippen LogP contribution >= 0.6 is 15.9 Å². The van der Waals surface area contributed by atoms with E-state index in [2.05, 4.69) is 22.0 Å². The van der Waals surface area contributed by atoms with Crippen LogP contribution in [0.15, 0.2) is 30.3 Å². The fourth-order valence-electron chi connectivity index (χ4n) is 1.09. The minimum Gasteiger partial charge on any atom is -0.369 e. The van der Waals surface area contributed by atoms with Crippen LogP contribution in [0.2, 0.25) is 0 Å². The van der Waals surface area contributed by atoms with Gasteiger partial charge in [-0.15, -0.1) is 0 Å². The average molecular weight is 254 g/mol. The Kier molecular flexibility index (Phi) is 4.40. The number of nitrogens with two attached hydrogens (primary N) is 1. The molecule has 0 saturated carbocycles. The summed E-state index contributed by atoms with van der Waals surface area (Å²) in [5.41, 5.74) is 7.32. The Morgan fingerprint density at radius 3 is 2.93 bits per heavy atom. The molecule has 1 aromatic carbocycles. The van der Waals surface area contributed by atoms with Crippen molar-refractivity contribution in [2.75, 3.05) is 0 Å². The van der Waals surface area contributed by atoms with Crippen LogP contribution in [0.4, 0.5) is 0 Å². The van der Waals surface area contributed by atoms with E-state index in [1.165, 1.54) is 5.56 Å². The molecule has 2 nitrogen and oxygen atoms in total. The van der Waals surface area contributed by atoms with E-state index in [4.69, 9.17) is 5.73 Å². The van der Waals surface area contributed by atoms with Crippen molar-refractivity contribution in [2.45, 2.75) is 11.8 Å². The lowest BCUT2D eigenvalue weighted by Crippen LogP contribution is -2.07. The first-order valence-electron chi connectivity index (χ1n) is 4.32. The van der Waals surface area contributed by atoms with Crippen LogP contribution in [0.3, 0.4) is 0 Å². The van der Waals surface area contributed by atoms with Gasteiger partial charge in [-0.3, -0.25) is 4.79 Å². The zero-order valence-corrected chi connectivity index (χ0v) is 9.33. The number of amides is 1. The van der Waals surface area contributed by atoms with Crippen LogP contribution in [0.1, 0.15) is 17.5 Å². The van der Waals surface area contributed by atoms with Gasteiger partial charge in [0.1, 0.15) is 0 Å². The SMILES string of the molecule is NC(=O)CC=Cc1cccc(CBr)c1. The number of carbonyl (C=O) groups excluding carboxylic acids is 1. The second-order valence-electron chi connectivity index (χ2n) is 2.95. The molecule has 14 heavy (non-hydrogen) atoms. The normalized spacial score (nSPS) is 10.6. The van der Waals surface area contributed by atoms with E-state index in [-0.39, 0.29) is 5.91 Å². The van der Waals surface area contributed by atoms with Crippen molar-refractivity contribution >= 4 is 27.9 Å². The molecule has 2 N–H and O–H groups in total. The van der Waals surface area contributed by atoms with Gasteiger partial charge in [-0.2, -0.15) is 0 Å². The van der Waals surface area contributed by atoms with Crippen molar-refractivity contribution in [3.8, 4) is 0 Å². The lowest BCUT2D eigenvalue weighted by molar-refractivity contribution is -0.117. The average Bonchev–Trinajstić information content (AvgIpc) is 2.18. The Labute approximate surface area is 91.9 Å². The number of carbonyl (C=O) groups is 1. The number of benzene rings is 1. The van der Waals surface area contributed by atoms with E-state index in [1.807, 2.05) is 24.3 Å². The topological polar surface area (TPSA) is 43.1 Å². The number of alkyl halides is 1. The van der Waals surface area contributed by atoms with Gasteiger partial charge < -0.3 is 5.73 Å². The Morgan fingerprint density at radius 2 is 2.29 bits per heavy atom.